The zero-order valence-corrected chi connectivity index (χ0v) is 6.77. The Balaban J connectivity index is 3.30. The summed E-state index contributed by atoms with van der Waals surface area (Å²) in [5, 5.41) is 9.26. The zero-order valence-electron chi connectivity index (χ0n) is 9.77. The van der Waals surface area contributed by atoms with Crippen LogP contribution in [0.1, 0.15) is 28.2 Å². The van der Waals surface area contributed by atoms with E-state index in [0.717, 1.165) is 12.1 Å². The maximum atomic E-state index is 13.4. The van der Waals surface area contributed by atoms with Crippen molar-refractivity contribution >= 4 is 0 Å². The molecule has 1 rings (SSSR count). The smallest absolute Gasteiger partial charge is 0.389 e. The van der Waals surface area contributed by atoms with Crippen molar-refractivity contribution in [1.29, 1.82) is 0 Å². The van der Waals surface area contributed by atoms with Crippen LogP contribution < -0.4 is 0 Å². The number of aliphatic hydroxyl groups is 1. The van der Waals surface area contributed by atoms with Crippen molar-refractivity contribution in [3.8, 4) is 0 Å². The molecule has 5 heteroatoms. The van der Waals surface area contributed by atoms with Gasteiger partial charge in [-0.05, 0) is 12.9 Å². The van der Waals surface area contributed by atoms with Crippen LogP contribution in [0, 0.1) is 5.82 Å². The van der Waals surface area contributed by atoms with Crippen LogP contribution in [0.15, 0.2) is 18.2 Å². The molecule has 0 aromatic heterocycles. The topological polar surface area (TPSA) is 20.2 Å². The maximum absolute atomic E-state index is 13.4. The Morgan fingerprint density at radius 3 is 2.57 bits per heavy atom. The van der Waals surface area contributed by atoms with E-state index >= 15 is 0 Å². The van der Waals surface area contributed by atoms with E-state index in [1.165, 1.54) is 0 Å². The van der Waals surface area contributed by atoms with Crippen LogP contribution in [-0.4, -0.2) is 5.11 Å². The Morgan fingerprint density at radius 1 is 1.43 bits per heavy atom. The van der Waals surface area contributed by atoms with Crippen molar-refractivity contribution in [1.82, 2.24) is 0 Å². The summed E-state index contributed by atoms with van der Waals surface area (Å²) in [6.07, 6.45) is -7.22. The number of aliphatic hydroxyl groups excluding tert-OH is 1. The zero-order chi connectivity index (χ0) is 13.4. The molecule has 0 saturated carbocycles. The molecule has 0 amide bonds. The molecule has 0 heterocycles. The van der Waals surface area contributed by atoms with Gasteiger partial charge in [0.15, 0.2) is 0 Å². The minimum atomic E-state index is -4.94. The Morgan fingerprint density at radius 2 is 2.07 bits per heavy atom. The fourth-order valence-corrected chi connectivity index (χ4v) is 0.980. The van der Waals surface area contributed by atoms with E-state index in [1.807, 2.05) is 0 Å². The molecule has 1 unspecified atom stereocenters. The van der Waals surface area contributed by atoms with Crippen LogP contribution >= 0.6 is 0 Å². The first-order valence-corrected chi connectivity index (χ1v) is 3.59. The molecule has 0 aliphatic carbocycles. The Kier molecular flexibility index (Phi) is 1.84. The molecule has 78 valence electrons. The van der Waals surface area contributed by atoms with Gasteiger partial charge in [0.25, 0.3) is 0 Å². The van der Waals surface area contributed by atoms with Crippen molar-refractivity contribution in [2.45, 2.75) is 19.1 Å². The Labute approximate surface area is 82.2 Å². The van der Waals surface area contributed by atoms with Crippen molar-refractivity contribution in [2.24, 2.45) is 0 Å². The highest BCUT2D eigenvalue weighted by atomic mass is 19.4. The SMILES string of the molecule is [2H]C([2H])([2H])C(O)c1cccc(C(F)(F)F)c1F. The summed E-state index contributed by atoms with van der Waals surface area (Å²) < 4.78 is 70.9. The minimum Gasteiger partial charge on any atom is -0.389 e. The quantitative estimate of drug-likeness (QED) is 0.708. The fourth-order valence-electron chi connectivity index (χ4n) is 0.980. The second-order valence-electron chi connectivity index (χ2n) is 2.61. The average molecular weight is 211 g/mol. The molecule has 0 saturated heterocycles. The third-order valence-corrected chi connectivity index (χ3v) is 1.63. The molecule has 0 spiro atoms. The van der Waals surface area contributed by atoms with E-state index in [1.54, 1.807) is 0 Å². The van der Waals surface area contributed by atoms with Crippen LogP contribution in [0.3, 0.4) is 0 Å². The molecule has 0 radical (unpaired) electrons. The molecular weight excluding hydrogens is 200 g/mol. The molecule has 0 bridgehead atoms. The first kappa shape index (κ1) is 7.23. The monoisotopic (exact) mass is 211 g/mol. The van der Waals surface area contributed by atoms with Gasteiger partial charge in [-0.2, -0.15) is 13.2 Å². The third kappa shape index (κ3) is 2.04. The summed E-state index contributed by atoms with van der Waals surface area (Å²) in [6, 6.07) is 2.13. The number of alkyl halides is 3. The second-order valence-corrected chi connectivity index (χ2v) is 2.61. The number of benzene rings is 1. The predicted molar refractivity (Wildman–Crippen MR) is 42.0 cm³/mol. The summed E-state index contributed by atoms with van der Waals surface area (Å²) in [4.78, 5) is 0. The molecular formula is C9H8F4O. The number of hydrogen-bond donors (Lipinski definition) is 1. The highest BCUT2D eigenvalue weighted by Crippen LogP contribution is 2.33. The summed E-state index contributed by atoms with van der Waals surface area (Å²) in [6.45, 7) is -2.98. The van der Waals surface area contributed by atoms with E-state index < -0.39 is 36.1 Å². The van der Waals surface area contributed by atoms with Crippen LogP contribution in [0.2, 0.25) is 0 Å². The molecule has 0 aliphatic rings. The van der Waals surface area contributed by atoms with E-state index in [9.17, 15) is 22.7 Å². The summed E-state index contributed by atoms with van der Waals surface area (Å²) in [7, 11) is 0. The van der Waals surface area contributed by atoms with Crippen molar-refractivity contribution in [3.05, 3.63) is 35.1 Å². The number of halogens is 4. The predicted octanol–water partition coefficient (Wildman–Crippen LogP) is 2.90. The van der Waals surface area contributed by atoms with E-state index in [-0.39, 0.29) is 0 Å². The van der Waals surface area contributed by atoms with Gasteiger partial charge in [-0.15, -0.1) is 0 Å². The first-order chi connectivity index (χ1) is 7.55. The van der Waals surface area contributed by atoms with Gasteiger partial charge in [0.2, 0.25) is 0 Å². The lowest BCUT2D eigenvalue weighted by atomic mass is 10.1. The molecule has 1 aromatic rings. The lowest BCUT2D eigenvalue weighted by molar-refractivity contribution is -0.140. The van der Waals surface area contributed by atoms with Crippen molar-refractivity contribution in [2.75, 3.05) is 0 Å². The summed E-state index contributed by atoms with van der Waals surface area (Å²) in [5.41, 5.74) is -2.49. The average Bonchev–Trinajstić information content (AvgIpc) is 2.13. The molecule has 0 fully saturated rings. The largest absolute Gasteiger partial charge is 0.419 e. The highest BCUT2D eigenvalue weighted by molar-refractivity contribution is 5.29. The van der Waals surface area contributed by atoms with E-state index in [2.05, 4.69) is 0 Å². The maximum Gasteiger partial charge on any atom is 0.419 e. The highest BCUT2D eigenvalue weighted by Gasteiger charge is 2.35. The van der Waals surface area contributed by atoms with Crippen LogP contribution in [0.25, 0.3) is 0 Å². The van der Waals surface area contributed by atoms with Gasteiger partial charge >= 0.3 is 6.18 Å². The third-order valence-electron chi connectivity index (χ3n) is 1.63. The van der Waals surface area contributed by atoms with Gasteiger partial charge in [-0.3, -0.25) is 0 Å². The van der Waals surface area contributed by atoms with E-state index in [0.29, 0.717) is 6.07 Å². The molecule has 1 nitrogen and oxygen atoms in total. The second kappa shape index (κ2) is 3.57. The van der Waals surface area contributed by atoms with Gasteiger partial charge < -0.3 is 5.11 Å². The molecule has 0 aliphatic heterocycles. The van der Waals surface area contributed by atoms with Gasteiger partial charge in [0.1, 0.15) is 5.82 Å². The molecule has 1 aromatic carbocycles. The molecule has 1 N–H and O–H groups in total. The molecule has 1 atom stereocenters. The van der Waals surface area contributed by atoms with Crippen molar-refractivity contribution in [3.63, 3.8) is 0 Å². The van der Waals surface area contributed by atoms with Gasteiger partial charge in [0, 0.05) is 9.68 Å². The normalized spacial score (nSPS) is 18.2. The van der Waals surface area contributed by atoms with Crippen LogP contribution in [0.5, 0.6) is 0 Å². The van der Waals surface area contributed by atoms with E-state index in [4.69, 9.17) is 4.11 Å². The van der Waals surface area contributed by atoms with Crippen LogP contribution in [-0.2, 0) is 6.18 Å². The van der Waals surface area contributed by atoms with Crippen LogP contribution in [0.4, 0.5) is 17.6 Å². The lowest BCUT2D eigenvalue weighted by Gasteiger charge is -2.12. The summed E-state index contributed by atoms with van der Waals surface area (Å²) >= 11 is 0. The fraction of sp³-hybridized carbons (Fsp3) is 0.333. The molecule has 14 heavy (non-hydrogen) atoms. The lowest BCUT2D eigenvalue weighted by Crippen LogP contribution is -2.10. The minimum absolute atomic E-state index is 0.477. The Hall–Kier alpha value is -1.10. The van der Waals surface area contributed by atoms with Gasteiger partial charge in [-0.1, -0.05) is 12.1 Å². The Bertz CT molecular complexity index is 414. The van der Waals surface area contributed by atoms with Crippen molar-refractivity contribution < 1.29 is 26.8 Å². The first-order valence-electron chi connectivity index (χ1n) is 5.09. The number of rotatable bonds is 1. The summed E-state index contributed by atoms with van der Waals surface area (Å²) in [5.74, 6) is -1.76. The van der Waals surface area contributed by atoms with Gasteiger partial charge in [-0.25, -0.2) is 4.39 Å². The van der Waals surface area contributed by atoms with Gasteiger partial charge in [0.05, 0.1) is 11.7 Å². The standard InChI is InChI=1S/C9H8F4O/c1-5(14)6-3-2-4-7(8(6)10)9(11,12)13/h2-5,14H,1H3/i1D3. The number of hydrogen-bond acceptors (Lipinski definition) is 1.